The molecule has 1 aromatic rings. The molecule has 0 N–H and O–H groups in total. The summed E-state index contributed by atoms with van der Waals surface area (Å²) in [4.78, 5) is 3.70. The molecule has 0 saturated heterocycles. The van der Waals surface area contributed by atoms with Gasteiger partial charge in [0.25, 0.3) is 0 Å². The van der Waals surface area contributed by atoms with Crippen molar-refractivity contribution < 1.29 is 4.39 Å². The Hall–Kier alpha value is -0.700. The molecule has 1 rings (SSSR count). The van der Waals surface area contributed by atoms with Gasteiger partial charge >= 0.3 is 0 Å². The van der Waals surface area contributed by atoms with Crippen molar-refractivity contribution in [2.45, 2.75) is 13.3 Å². The Bertz CT molecular complexity index is 310. The van der Waals surface area contributed by atoms with Gasteiger partial charge in [0.1, 0.15) is 5.82 Å². The summed E-state index contributed by atoms with van der Waals surface area (Å²) in [5, 5.41) is 0.900. The van der Waals surface area contributed by atoms with E-state index in [0.29, 0.717) is 5.56 Å². The molecule has 0 aliphatic rings. The fourth-order valence-corrected chi connectivity index (χ4v) is 1.30. The van der Waals surface area contributed by atoms with E-state index in [0.717, 1.165) is 17.3 Å². The highest BCUT2D eigenvalue weighted by Gasteiger charge is 2.01. The van der Waals surface area contributed by atoms with Crippen LogP contribution in [0.5, 0.6) is 0 Å². The summed E-state index contributed by atoms with van der Waals surface area (Å²) in [5.74, 6) is -0.258. The van der Waals surface area contributed by atoms with Crippen molar-refractivity contribution in [3.63, 3.8) is 0 Å². The number of halogens is 2. The van der Waals surface area contributed by atoms with E-state index in [1.54, 1.807) is 12.3 Å². The van der Waals surface area contributed by atoms with Gasteiger partial charge in [0.15, 0.2) is 0 Å². The fraction of sp³-hybridized carbons (Fsp3) is 0.300. The third-order valence-electron chi connectivity index (χ3n) is 1.76. The number of hydrogen-bond donors (Lipinski definition) is 0. The predicted molar refractivity (Wildman–Crippen MR) is 56.3 cm³/mol. The number of nitrogens with zero attached hydrogens (tertiary/aromatic N) is 1. The zero-order chi connectivity index (χ0) is 9.68. The second-order valence-corrected chi connectivity index (χ2v) is 3.51. The van der Waals surface area contributed by atoms with E-state index in [1.807, 2.05) is 13.0 Å². The summed E-state index contributed by atoms with van der Waals surface area (Å²) in [6, 6.07) is 1.69. The topological polar surface area (TPSA) is 12.9 Å². The van der Waals surface area contributed by atoms with Gasteiger partial charge in [-0.05, 0) is 25.0 Å². The first-order chi connectivity index (χ1) is 6.25. The highest BCUT2D eigenvalue weighted by Crippen LogP contribution is 2.16. The maximum absolute atomic E-state index is 13.2. The molecule has 0 saturated carbocycles. The molecule has 70 valence electrons. The summed E-state index contributed by atoms with van der Waals surface area (Å²) >= 11 is 3.32. The van der Waals surface area contributed by atoms with Crippen molar-refractivity contribution in [1.29, 1.82) is 0 Å². The number of rotatable bonds is 3. The zero-order valence-electron chi connectivity index (χ0n) is 7.43. The smallest absolute Gasteiger partial charge is 0.148 e. The van der Waals surface area contributed by atoms with Crippen LogP contribution in [0.15, 0.2) is 24.5 Å². The first kappa shape index (κ1) is 10.4. The summed E-state index contributed by atoms with van der Waals surface area (Å²) < 4.78 is 13.2. The molecule has 0 amide bonds. The molecule has 0 spiro atoms. The second-order valence-electron chi connectivity index (χ2n) is 2.72. The molecule has 0 aliphatic heterocycles. The molecule has 1 aromatic heterocycles. The van der Waals surface area contributed by atoms with Gasteiger partial charge in [0.05, 0.1) is 6.20 Å². The van der Waals surface area contributed by atoms with Gasteiger partial charge in [-0.2, -0.15) is 0 Å². The minimum absolute atomic E-state index is 0.258. The fourth-order valence-electron chi connectivity index (χ4n) is 1.08. The van der Waals surface area contributed by atoms with E-state index < -0.39 is 0 Å². The highest BCUT2D eigenvalue weighted by molar-refractivity contribution is 9.09. The molecule has 1 nitrogen and oxygen atoms in total. The van der Waals surface area contributed by atoms with Crippen molar-refractivity contribution in [1.82, 2.24) is 4.98 Å². The van der Waals surface area contributed by atoms with Crippen LogP contribution in [0.1, 0.15) is 18.9 Å². The first-order valence-corrected chi connectivity index (χ1v) is 5.20. The van der Waals surface area contributed by atoms with E-state index in [2.05, 4.69) is 20.9 Å². The van der Waals surface area contributed by atoms with Crippen molar-refractivity contribution in [2.24, 2.45) is 0 Å². The van der Waals surface area contributed by atoms with Crippen LogP contribution >= 0.6 is 15.9 Å². The van der Waals surface area contributed by atoms with Crippen LogP contribution in [0, 0.1) is 5.82 Å². The molecule has 13 heavy (non-hydrogen) atoms. The molecule has 0 radical (unpaired) electrons. The lowest BCUT2D eigenvalue weighted by Crippen LogP contribution is -1.87. The average Bonchev–Trinajstić information content (AvgIpc) is 2.15. The number of alkyl halides is 1. The predicted octanol–water partition coefficient (Wildman–Crippen LogP) is 3.41. The van der Waals surface area contributed by atoms with Crippen LogP contribution in [-0.4, -0.2) is 10.3 Å². The van der Waals surface area contributed by atoms with E-state index in [-0.39, 0.29) is 5.82 Å². The van der Waals surface area contributed by atoms with Crippen LogP contribution < -0.4 is 0 Å². The molecule has 0 fully saturated rings. The molecular formula is C10H11BrFN. The van der Waals surface area contributed by atoms with Gasteiger partial charge in [0.2, 0.25) is 0 Å². The Labute approximate surface area is 85.8 Å². The lowest BCUT2D eigenvalue weighted by molar-refractivity contribution is 0.617. The molecule has 0 aliphatic carbocycles. The first-order valence-electron chi connectivity index (χ1n) is 4.08. The van der Waals surface area contributed by atoms with E-state index in [4.69, 9.17) is 0 Å². The third kappa shape index (κ3) is 2.92. The number of aromatic nitrogens is 1. The van der Waals surface area contributed by atoms with Gasteiger partial charge in [-0.15, -0.1) is 0 Å². The Balaban J connectivity index is 2.88. The normalized spacial score (nSPS) is 11.8. The monoisotopic (exact) mass is 243 g/mol. The maximum atomic E-state index is 13.2. The SMILES string of the molecule is C/C(=C/CCBr)c1ccncc1F. The van der Waals surface area contributed by atoms with Crippen LogP contribution in [0.3, 0.4) is 0 Å². The van der Waals surface area contributed by atoms with Crippen molar-refractivity contribution >= 4 is 21.5 Å². The van der Waals surface area contributed by atoms with E-state index in [1.165, 1.54) is 6.20 Å². The lowest BCUT2D eigenvalue weighted by atomic mass is 10.1. The Morgan fingerprint density at radius 2 is 2.46 bits per heavy atom. The summed E-state index contributed by atoms with van der Waals surface area (Å²) in [5.41, 5.74) is 1.59. The number of pyridine rings is 1. The average molecular weight is 244 g/mol. The Morgan fingerprint density at radius 1 is 1.69 bits per heavy atom. The molecule has 1 heterocycles. The van der Waals surface area contributed by atoms with Crippen LogP contribution in [0.2, 0.25) is 0 Å². The lowest BCUT2D eigenvalue weighted by Gasteiger charge is -2.01. The van der Waals surface area contributed by atoms with Crippen LogP contribution in [0.25, 0.3) is 5.57 Å². The molecule has 0 atom stereocenters. The van der Waals surface area contributed by atoms with Crippen LogP contribution in [-0.2, 0) is 0 Å². The van der Waals surface area contributed by atoms with Gasteiger partial charge in [-0.1, -0.05) is 22.0 Å². The molecule has 0 bridgehead atoms. The van der Waals surface area contributed by atoms with Gasteiger partial charge in [0, 0.05) is 17.1 Å². The van der Waals surface area contributed by atoms with E-state index >= 15 is 0 Å². The summed E-state index contributed by atoms with van der Waals surface area (Å²) in [6.07, 6.45) is 5.76. The third-order valence-corrected chi connectivity index (χ3v) is 2.21. The van der Waals surface area contributed by atoms with Crippen molar-refractivity contribution in [3.8, 4) is 0 Å². The number of allylic oxidation sites excluding steroid dienone is 2. The molecule has 0 unspecified atom stereocenters. The minimum atomic E-state index is -0.258. The second kappa shape index (κ2) is 5.12. The number of hydrogen-bond acceptors (Lipinski definition) is 1. The molecule has 3 heteroatoms. The quantitative estimate of drug-likeness (QED) is 0.742. The van der Waals surface area contributed by atoms with Crippen molar-refractivity contribution in [3.05, 3.63) is 35.9 Å². The van der Waals surface area contributed by atoms with Crippen LogP contribution in [0.4, 0.5) is 4.39 Å². The molecule has 0 aromatic carbocycles. The zero-order valence-corrected chi connectivity index (χ0v) is 9.01. The maximum Gasteiger partial charge on any atom is 0.148 e. The van der Waals surface area contributed by atoms with Gasteiger partial charge in [-0.25, -0.2) is 4.39 Å². The van der Waals surface area contributed by atoms with Gasteiger partial charge < -0.3 is 0 Å². The summed E-state index contributed by atoms with van der Waals surface area (Å²) in [6.45, 7) is 1.90. The highest BCUT2D eigenvalue weighted by atomic mass is 79.9. The summed E-state index contributed by atoms with van der Waals surface area (Å²) in [7, 11) is 0. The minimum Gasteiger partial charge on any atom is -0.262 e. The standard InChI is InChI=1S/C10H11BrFN/c1-8(3-2-5-11)9-4-6-13-7-10(9)12/h3-4,6-7H,2,5H2,1H3/b8-3-. The van der Waals surface area contributed by atoms with Gasteiger partial charge in [-0.3, -0.25) is 4.98 Å². The van der Waals surface area contributed by atoms with Crippen molar-refractivity contribution in [2.75, 3.05) is 5.33 Å². The van der Waals surface area contributed by atoms with E-state index in [9.17, 15) is 4.39 Å². The Kier molecular flexibility index (Phi) is 4.09. The largest absolute Gasteiger partial charge is 0.262 e. The molecular weight excluding hydrogens is 233 g/mol. The Morgan fingerprint density at radius 3 is 3.08 bits per heavy atom.